The molecular formula is C29H27O4P. The summed E-state index contributed by atoms with van der Waals surface area (Å²) < 4.78 is 26.4. The van der Waals surface area contributed by atoms with Crippen LogP contribution in [0.1, 0.15) is 28.9 Å². The van der Waals surface area contributed by atoms with Gasteiger partial charge in [-0.2, -0.15) is 0 Å². The maximum atomic E-state index is 15.0. The van der Waals surface area contributed by atoms with E-state index in [9.17, 15) is 9.36 Å². The van der Waals surface area contributed by atoms with Gasteiger partial charge in [0.25, 0.3) is 0 Å². The molecule has 172 valence electrons. The fourth-order valence-corrected chi connectivity index (χ4v) is 7.19. The van der Waals surface area contributed by atoms with Gasteiger partial charge >= 0.3 is 5.97 Å². The first-order chi connectivity index (χ1) is 16.5. The monoisotopic (exact) mass is 470 g/mol. The minimum atomic E-state index is -3.21. The number of hydrogen-bond acceptors (Lipinski definition) is 4. The molecule has 5 heteroatoms. The molecule has 0 radical (unpaired) electrons. The van der Waals surface area contributed by atoms with Crippen LogP contribution in [0.15, 0.2) is 115 Å². The van der Waals surface area contributed by atoms with Crippen LogP contribution in [0.4, 0.5) is 0 Å². The van der Waals surface area contributed by atoms with Crippen molar-refractivity contribution in [3.8, 4) is 5.75 Å². The molecule has 0 amide bonds. The van der Waals surface area contributed by atoms with Crippen molar-refractivity contribution in [1.82, 2.24) is 0 Å². The van der Waals surface area contributed by atoms with Gasteiger partial charge in [-0.3, -0.25) is 0 Å². The van der Waals surface area contributed by atoms with Crippen LogP contribution >= 0.6 is 7.14 Å². The van der Waals surface area contributed by atoms with E-state index in [1.54, 1.807) is 31.4 Å². The lowest BCUT2D eigenvalue weighted by Gasteiger charge is -2.32. The second kappa shape index (κ2) is 10.5. The van der Waals surface area contributed by atoms with E-state index in [0.717, 1.165) is 16.2 Å². The number of esters is 1. The Morgan fingerprint density at radius 1 is 0.706 bits per heavy atom. The van der Waals surface area contributed by atoms with Gasteiger partial charge in [-0.05, 0) is 29.8 Å². The molecule has 0 aliphatic carbocycles. The molecule has 0 bridgehead atoms. The Morgan fingerprint density at radius 2 is 1.18 bits per heavy atom. The molecule has 34 heavy (non-hydrogen) atoms. The van der Waals surface area contributed by atoms with E-state index in [4.69, 9.17) is 9.47 Å². The lowest BCUT2D eigenvalue weighted by atomic mass is 10.1. The number of benzene rings is 4. The van der Waals surface area contributed by atoms with Crippen LogP contribution in [0.3, 0.4) is 0 Å². The van der Waals surface area contributed by atoms with Crippen molar-refractivity contribution < 1.29 is 18.8 Å². The molecule has 0 fully saturated rings. The third-order valence-corrected chi connectivity index (χ3v) is 9.53. The van der Waals surface area contributed by atoms with Crippen LogP contribution in [0, 0.1) is 0 Å². The first-order valence-corrected chi connectivity index (χ1v) is 12.9. The highest BCUT2D eigenvalue weighted by molar-refractivity contribution is 7.79. The average molecular weight is 471 g/mol. The molecule has 0 aliphatic heterocycles. The molecule has 0 N–H and O–H groups in total. The van der Waals surface area contributed by atoms with E-state index >= 15 is 0 Å². The van der Waals surface area contributed by atoms with E-state index in [2.05, 4.69) is 0 Å². The Bertz CT molecular complexity index is 1210. The SMILES string of the molecule is COc1ccc([C@H](OC(=O)c2ccccc2)[C@@H](C)P(=O)(c2ccccc2)c2ccccc2)cc1. The fraction of sp³-hybridized carbons (Fsp3) is 0.138. The molecule has 0 saturated heterocycles. The Hall–Kier alpha value is -3.62. The molecule has 4 aromatic rings. The predicted molar refractivity (Wildman–Crippen MR) is 137 cm³/mol. The van der Waals surface area contributed by atoms with E-state index in [-0.39, 0.29) is 0 Å². The van der Waals surface area contributed by atoms with Crippen LogP contribution in [-0.2, 0) is 9.30 Å². The minimum Gasteiger partial charge on any atom is -0.497 e. The largest absolute Gasteiger partial charge is 0.497 e. The summed E-state index contributed by atoms with van der Waals surface area (Å²) in [5, 5.41) is 1.45. The predicted octanol–water partition coefficient (Wildman–Crippen LogP) is 6.00. The molecule has 4 nitrogen and oxygen atoms in total. The van der Waals surface area contributed by atoms with Gasteiger partial charge in [-0.15, -0.1) is 0 Å². The van der Waals surface area contributed by atoms with Gasteiger partial charge in [0, 0.05) is 10.6 Å². The summed E-state index contributed by atoms with van der Waals surface area (Å²) in [5.41, 5.74) is 0.672. The zero-order chi connectivity index (χ0) is 24.0. The normalized spacial score (nSPS) is 13.0. The Balaban J connectivity index is 1.82. The number of ether oxygens (including phenoxy) is 2. The molecule has 0 unspecified atom stereocenters. The summed E-state index contributed by atoms with van der Waals surface area (Å²) in [6, 6.07) is 35.1. The topological polar surface area (TPSA) is 52.6 Å². The molecule has 2 atom stereocenters. The van der Waals surface area contributed by atoms with Crippen LogP contribution in [0.5, 0.6) is 5.75 Å². The highest BCUT2D eigenvalue weighted by Crippen LogP contribution is 2.53. The molecule has 0 aliphatic rings. The van der Waals surface area contributed by atoms with Crippen LogP contribution in [0.25, 0.3) is 0 Å². The van der Waals surface area contributed by atoms with Crippen molar-refractivity contribution >= 4 is 23.7 Å². The first kappa shape index (κ1) is 23.5. The summed E-state index contributed by atoms with van der Waals surface area (Å²) >= 11 is 0. The summed E-state index contributed by atoms with van der Waals surface area (Å²) in [5.74, 6) is 0.236. The minimum absolute atomic E-state index is 0.447. The average Bonchev–Trinajstić information content (AvgIpc) is 2.92. The summed E-state index contributed by atoms with van der Waals surface area (Å²) in [4.78, 5) is 13.1. The van der Waals surface area contributed by atoms with Crippen molar-refractivity contribution in [2.45, 2.75) is 18.7 Å². The van der Waals surface area contributed by atoms with Crippen molar-refractivity contribution in [3.63, 3.8) is 0 Å². The van der Waals surface area contributed by atoms with Gasteiger partial charge in [0.1, 0.15) is 19.0 Å². The second-order valence-electron chi connectivity index (χ2n) is 8.03. The molecular weight excluding hydrogens is 443 g/mol. The van der Waals surface area contributed by atoms with E-state index in [0.29, 0.717) is 11.3 Å². The number of rotatable bonds is 8. The molecule has 0 aromatic heterocycles. The first-order valence-electron chi connectivity index (χ1n) is 11.1. The van der Waals surface area contributed by atoms with Crippen LogP contribution in [0.2, 0.25) is 0 Å². The van der Waals surface area contributed by atoms with Gasteiger partial charge in [0.2, 0.25) is 0 Å². The lowest BCUT2D eigenvalue weighted by Crippen LogP contribution is -2.31. The molecule has 0 spiro atoms. The van der Waals surface area contributed by atoms with Crippen LogP contribution < -0.4 is 15.3 Å². The smallest absolute Gasteiger partial charge is 0.338 e. The van der Waals surface area contributed by atoms with Crippen molar-refractivity contribution in [3.05, 3.63) is 126 Å². The number of carbonyl (C=O) groups excluding carboxylic acids is 1. The van der Waals surface area contributed by atoms with E-state index in [1.165, 1.54) is 0 Å². The molecule has 4 aromatic carbocycles. The third-order valence-electron chi connectivity index (χ3n) is 5.98. The second-order valence-corrected chi connectivity index (χ2v) is 11.2. The summed E-state index contributed by atoms with van der Waals surface area (Å²) in [6.07, 6.45) is -0.746. The van der Waals surface area contributed by atoms with Gasteiger partial charge in [0.15, 0.2) is 0 Å². The maximum Gasteiger partial charge on any atom is 0.338 e. The number of methoxy groups -OCH3 is 1. The maximum absolute atomic E-state index is 15.0. The summed E-state index contributed by atoms with van der Waals surface area (Å²) in [6.45, 7) is 1.90. The Labute approximate surface area is 200 Å². The molecule has 0 saturated carbocycles. The highest BCUT2D eigenvalue weighted by atomic mass is 31.2. The van der Waals surface area contributed by atoms with Crippen molar-refractivity contribution in [1.29, 1.82) is 0 Å². The van der Waals surface area contributed by atoms with E-state index < -0.39 is 24.9 Å². The van der Waals surface area contributed by atoms with Gasteiger partial charge < -0.3 is 14.0 Å². The van der Waals surface area contributed by atoms with Crippen molar-refractivity contribution in [2.75, 3.05) is 7.11 Å². The standard InChI is InChI=1S/C29H27O4P/c1-22(34(31,26-14-8-4-9-15-26)27-16-10-5-11-17-27)28(23-18-20-25(32-2)21-19-23)33-29(30)24-12-6-3-7-13-24/h3-22,28H,1-2H3/t22-,28-/m1/s1. The highest BCUT2D eigenvalue weighted by Gasteiger charge is 2.41. The summed E-state index contributed by atoms with van der Waals surface area (Å²) in [7, 11) is -1.61. The molecule has 0 heterocycles. The van der Waals surface area contributed by atoms with E-state index in [1.807, 2.05) is 97.9 Å². The Kier molecular flexibility index (Phi) is 7.30. The zero-order valence-corrected chi connectivity index (χ0v) is 20.1. The van der Waals surface area contributed by atoms with Crippen molar-refractivity contribution in [2.24, 2.45) is 0 Å². The Morgan fingerprint density at radius 3 is 1.65 bits per heavy atom. The quantitative estimate of drug-likeness (QED) is 0.234. The number of carbonyl (C=O) groups is 1. The lowest BCUT2D eigenvalue weighted by molar-refractivity contribution is 0.0295. The van der Waals surface area contributed by atoms with Gasteiger partial charge in [0.05, 0.1) is 18.3 Å². The number of hydrogen-bond donors (Lipinski definition) is 0. The fourth-order valence-electron chi connectivity index (χ4n) is 4.11. The molecule has 4 rings (SSSR count). The van der Waals surface area contributed by atoms with Gasteiger partial charge in [-0.25, -0.2) is 4.79 Å². The van der Waals surface area contributed by atoms with Gasteiger partial charge in [-0.1, -0.05) is 97.9 Å². The zero-order valence-electron chi connectivity index (χ0n) is 19.2. The third kappa shape index (κ3) is 4.83. The van der Waals surface area contributed by atoms with Crippen LogP contribution in [-0.4, -0.2) is 18.7 Å².